The van der Waals surface area contributed by atoms with Crippen molar-refractivity contribution in [3.8, 4) is 12.1 Å². The molecule has 1 aromatic carbocycles. The Morgan fingerprint density at radius 3 is 2.35 bits per heavy atom. The topological polar surface area (TPSA) is 59.6 Å². The zero-order valence-electron chi connectivity index (χ0n) is 8.06. The van der Waals surface area contributed by atoms with E-state index >= 15 is 0 Å². The van der Waals surface area contributed by atoms with Gasteiger partial charge in [0.1, 0.15) is 17.7 Å². The zero-order chi connectivity index (χ0) is 13.0. The van der Waals surface area contributed by atoms with Crippen molar-refractivity contribution >= 4 is 21.6 Å². The van der Waals surface area contributed by atoms with Gasteiger partial charge in [0.05, 0.1) is 10.2 Å². The molecule has 1 rings (SSSR count). The van der Waals surface area contributed by atoms with E-state index in [1.54, 1.807) is 0 Å². The molecular weight excluding hydrogens is 299 g/mol. The Balaban J connectivity index is 3.15. The number of nitrogens with one attached hydrogen (secondary N) is 1. The predicted molar refractivity (Wildman–Crippen MR) is 56.9 cm³/mol. The van der Waals surface area contributed by atoms with Gasteiger partial charge in [-0.05, 0) is 15.9 Å². The maximum absolute atomic E-state index is 13.4. The van der Waals surface area contributed by atoms with Gasteiger partial charge >= 0.3 is 0 Å². The minimum Gasteiger partial charge on any atom is -0.357 e. The first-order chi connectivity index (χ1) is 8.01. The van der Waals surface area contributed by atoms with Gasteiger partial charge < -0.3 is 5.32 Å². The lowest BCUT2D eigenvalue weighted by Crippen LogP contribution is -1.99. The van der Waals surface area contributed by atoms with Crippen LogP contribution < -0.4 is 5.32 Å². The molecule has 0 radical (unpaired) electrons. The number of halogens is 4. The molecule has 0 amide bonds. The third kappa shape index (κ3) is 2.77. The van der Waals surface area contributed by atoms with Crippen molar-refractivity contribution in [1.29, 1.82) is 10.5 Å². The van der Waals surface area contributed by atoms with Crippen LogP contribution in [0.25, 0.3) is 0 Å². The second-order valence-electron chi connectivity index (χ2n) is 2.77. The van der Waals surface area contributed by atoms with E-state index < -0.39 is 27.6 Å². The molecule has 0 saturated carbocycles. The van der Waals surface area contributed by atoms with Gasteiger partial charge in [-0.2, -0.15) is 10.5 Å². The van der Waals surface area contributed by atoms with E-state index in [-0.39, 0.29) is 5.57 Å². The summed E-state index contributed by atoms with van der Waals surface area (Å²) in [4.78, 5) is 0. The highest BCUT2D eigenvalue weighted by atomic mass is 79.9. The Kier molecular flexibility index (Phi) is 4.13. The zero-order valence-corrected chi connectivity index (χ0v) is 9.65. The summed E-state index contributed by atoms with van der Waals surface area (Å²) >= 11 is 2.54. The molecule has 1 aromatic rings. The molecule has 0 unspecified atom stereocenters. The van der Waals surface area contributed by atoms with Gasteiger partial charge in [0, 0.05) is 12.3 Å². The number of rotatable bonds is 2. The maximum Gasteiger partial charge on any atom is 0.176 e. The van der Waals surface area contributed by atoms with Crippen LogP contribution in [0.1, 0.15) is 0 Å². The molecule has 1 N–H and O–H groups in total. The first kappa shape index (κ1) is 13.1. The third-order valence-electron chi connectivity index (χ3n) is 1.72. The second-order valence-corrected chi connectivity index (χ2v) is 3.57. The van der Waals surface area contributed by atoms with E-state index in [9.17, 15) is 13.2 Å². The van der Waals surface area contributed by atoms with Crippen molar-refractivity contribution in [2.45, 2.75) is 0 Å². The van der Waals surface area contributed by atoms with Crippen LogP contribution in [-0.4, -0.2) is 0 Å². The van der Waals surface area contributed by atoms with Crippen molar-refractivity contribution < 1.29 is 13.2 Å². The minimum absolute atomic E-state index is 0.328. The van der Waals surface area contributed by atoms with Gasteiger partial charge in [0.25, 0.3) is 0 Å². The van der Waals surface area contributed by atoms with Crippen molar-refractivity contribution in [3.05, 3.63) is 39.8 Å². The Labute approximate surface area is 103 Å². The van der Waals surface area contributed by atoms with Crippen molar-refractivity contribution in [2.24, 2.45) is 0 Å². The van der Waals surface area contributed by atoms with Gasteiger partial charge in [-0.15, -0.1) is 0 Å². The molecule has 0 saturated heterocycles. The molecule has 0 aliphatic carbocycles. The Morgan fingerprint density at radius 1 is 1.24 bits per heavy atom. The van der Waals surface area contributed by atoms with E-state index in [0.29, 0.717) is 6.07 Å². The number of hydrogen-bond donors (Lipinski definition) is 1. The van der Waals surface area contributed by atoms with Crippen LogP contribution >= 0.6 is 15.9 Å². The highest BCUT2D eigenvalue weighted by Gasteiger charge is 2.16. The van der Waals surface area contributed by atoms with Gasteiger partial charge in [-0.25, -0.2) is 13.2 Å². The first-order valence-corrected chi connectivity index (χ1v) is 4.90. The number of hydrogen-bond acceptors (Lipinski definition) is 3. The van der Waals surface area contributed by atoms with Crippen molar-refractivity contribution in [1.82, 2.24) is 0 Å². The lowest BCUT2D eigenvalue weighted by Gasteiger charge is -2.06. The summed E-state index contributed by atoms with van der Waals surface area (Å²) in [6.07, 6.45) is 0.891. The number of anilines is 1. The number of benzene rings is 1. The second kappa shape index (κ2) is 5.37. The van der Waals surface area contributed by atoms with Gasteiger partial charge in [0.15, 0.2) is 17.5 Å². The highest BCUT2D eigenvalue weighted by molar-refractivity contribution is 9.10. The smallest absolute Gasteiger partial charge is 0.176 e. The quantitative estimate of drug-likeness (QED) is 0.518. The molecule has 0 atom stereocenters. The fourth-order valence-electron chi connectivity index (χ4n) is 0.917. The molecule has 7 heteroatoms. The summed E-state index contributed by atoms with van der Waals surface area (Å²) in [5.41, 5.74) is -0.718. The number of nitriles is 2. The maximum atomic E-state index is 13.4. The molecule has 0 aliphatic rings. The van der Waals surface area contributed by atoms with Gasteiger partial charge in [-0.1, -0.05) is 0 Å². The summed E-state index contributed by atoms with van der Waals surface area (Å²) in [6.45, 7) is 0. The van der Waals surface area contributed by atoms with E-state index in [2.05, 4.69) is 21.2 Å². The molecule has 0 bridgehead atoms. The molecular formula is C10H3BrF3N3. The van der Waals surface area contributed by atoms with Crippen LogP contribution in [0, 0.1) is 40.1 Å². The fourth-order valence-corrected chi connectivity index (χ4v) is 1.32. The average molecular weight is 302 g/mol. The Morgan fingerprint density at radius 2 is 1.82 bits per heavy atom. The average Bonchev–Trinajstić information content (AvgIpc) is 2.33. The largest absolute Gasteiger partial charge is 0.357 e. The monoisotopic (exact) mass is 301 g/mol. The van der Waals surface area contributed by atoms with Gasteiger partial charge in [-0.3, -0.25) is 0 Å². The van der Waals surface area contributed by atoms with E-state index in [1.807, 2.05) is 0 Å². The van der Waals surface area contributed by atoms with E-state index in [4.69, 9.17) is 10.5 Å². The van der Waals surface area contributed by atoms with E-state index in [0.717, 1.165) is 6.20 Å². The van der Waals surface area contributed by atoms with Crippen molar-refractivity contribution in [2.75, 3.05) is 5.32 Å². The van der Waals surface area contributed by atoms with Crippen LogP contribution in [0.4, 0.5) is 18.9 Å². The van der Waals surface area contributed by atoms with Crippen LogP contribution in [0.3, 0.4) is 0 Å². The summed E-state index contributed by atoms with van der Waals surface area (Å²) in [5.74, 6) is -3.67. The third-order valence-corrected chi connectivity index (χ3v) is 2.41. The van der Waals surface area contributed by atoms with E-state index in [1.165, 1.54) is 12.1 Å². The standard InChI is InChI=1S/C10H3BrF3N3/c11-8-9(13)6(12)1-7(10(8)14)17-4-5(2-15)3-16/h1,4,17H. The summed E-state index contributed by atoms with van der Waals surface area (Å²) in [6, 6.07) is 3.62. The molecule has 17 heavy (non-hydrogen) atoms. The lowest BCUT2D eigenvalue weighted by molar-refractivity contribution is 0.489. The molecule has 86 valence electrons. The molecule has 0 spiro atoms. The normalized spacial score (nSPS) is 9.06. The summed E-state index contributed by atoms with van der Waals surface area (Å²) in [7, 11) is 0. The highest BCUT2D eigenvalue weighted by Crippen LogP contribution is 2.28. The predicted octanol–water partition coefficient (Wildman–Crippen LogP) is 3.21. The molecule has 0 aromatic heterocycles. The summed E-state index contributed by atoms with van der Waals surface area (Å²) < 4.78 is 38.6. The SMILES string of the molecule is N#CC(C#N)=CNc1cc(F)c(F)c(Br)c1F. The summed E-state index contributed by atoms with van der Waals surface area (Å²) in [5, 5.41) is 19.0. The van der Waals surface area contributed by atoms with Crippen LogP contribution in [0.5, 0.6) is 0 Å². The lowest BCUT2D eigenvalue weighted by atomic mass is 10.2. The Hall–Kier alpha value is -1.99. The van der Waals surface area contributed by atoms with Crippen LogP contribution in [0.15, 0.2) is 22.3 Å². The minimum atomic E-state index is -1.35. The number of nitrogens with zero attached hydrogens (tertiary/aromatic N) is 2. The first-order valence-electron chi connectivity index (χ1n) is 4.11. The Bertz CT molecular complexity index is 554. The molecule has 3 nitrogen and oxygen atoms in total. The van der Waals surface area contributed by atoms with Crippen LogP contribution in [-0.2, 0) is 0 Å². The van der Waals surface area contributed by atoms with Gasteiger partial charge in [0.2, 0.25) is 0 Å². The van der Waals surface area contributed by atoms with Crippen LogP contribution in [0.2, 0.25) is 0 Å². The number of allylic oxidation sites excluding steroid dienone is 1. The fraction of sp³-hybridized carbons (Fsp3) is 0. The molecule has 0 heterocycles. The molecule has 0 fully saturated rings. The molecule has 0 aliphatic heterocycles. The van der Waals surface area contributed by atoms with Crippen molar-refractivity contribution in [3.63, 3.8) is 0 Å².